The van der Waals surface area contributed by atoms with Gasteiger partial charge in [0.25, 0.3) is 0 Å². The fourth-order valence-corrected chi connectivity index (χ4v) is 3.65. The smallest absolute Gasteiger partial charge is 0.248 e. The molecule has 0 saturated heterocycles. The number of halogens is 2. The molecule has 0 radical (unpaired) electrons. The van der Waals surface area contributed by atoms with E-state index >= 15 is 0 Å². The standard InChI is InChI=1S/C19H16Br2N4O/c20-15-6-4-13(5-7-15)11-25-12-22-18(24-25)23-17(26)19(8-9-19)14-2-1-3-16(21)10-14/h1-7,10,12H,8-9,11H2,(H,23,24,26). The lowest BCUT2D eigenvalue weighted by Gasteiger charge is -2.14. The molecule has 1 amide bonds. The molecule has 4 rings (SSSR count). The van der Waals surface area contributed by atoms with Crippen molar-refractivity contribution in [3.05, 3.63) is 74.9 Å². The van der Waals surface area contributed by atoms with Gasteiger partial charge in [0.1, 0.15) is 6.33 Å². The summed E-state index contributed by atoms with van der Waals surface area (Å²) >= 11 is 6.90. The third kappa shape index (κ3) is 3.59. The van der Waals surface area contributed by atoms with E-state index in [1.165, 1.54) is 0 Å². The zero-order valence-electron chi connectivity index (χ0n) is 13.8. The minimum Gasteiger partial charge on any atom is -0.292 e. The molecule has 2 aromatic carbocycles. The summed E-state index contributed by atoms with van der Waals surface area (Å²) in [7, 11) is 0. The van der Waals surface area contributed by atoms with Crippen molar-refractivity contribution in [1.29, 1.82) is 0 Å². The SMILES string of the molecule is O=C(Nc1ncn(Cc2ccc(Br)cc2)n1)C1(c2cccc(Br)c2)CC1. The molecule has 3 aromatic rings. The van der Waals surface area contributed by atoms with Crippen LogP contribution in [-0.2, 0) is 16.8 Å². The van der Waals surface area contributed by atoms with Gasteiger partial charge in [-0.2, -0.15) is 0 Å². The van der Waals surface area contributed by atoms with Crippen molar-refractivity contribution >= 4 is 43.7 Å². The number of hydrogen-bond acceptors (Lipinski definition) is 3. The molecule has 1 aromatic heterocycles. The molecule has 1 aliphatic carbocycles. The van der Waals surface area contributed by atoms with Gasteiger partial charge in [-0.1, -0.05) is 56.1 Å². The maximum atomic E-state index is 12.8. The monoisotopic (exact) mass is 474 g/mol. The highest BCUT2D eigenvalue weighted by atomic mass is 79.9. The number of carbonyl (C=O) groups is 1. The number of hydrogen-bond donors (Lipinski definition) is 1. The Morgan fingerprint density at radius 1 is 1.12 bits per heavy atom. The first kappa shape index (κ1) is 17.4. The van der Waals surface area contributed by atoms with Gasteiger partial charge in [-0.15, -0.1) is 5.10 Å². The maximum Gasteiger partial charge on any atom is 0.248 e. The number of benzene rings is 2. The number of amides is 1. The summed E-state index contributed by atoms with van der Waals surface area (Å²) in [6.45, 7) is 0.604. The van der Waals surface area contributed by atoms with Crippen LogP contribution in [-0.4, -0.2) is 20.7 Å². The molecule has 1 fully saturated rings. The van der Waals surface area contributed by atoms with Gasteiger partial charge in [0.05, 0.1) is 12.0 Å². The van der Waals surface area contributed by atoms with Crippen molar-refractivity contribution in [3.63, 3.8) is 0 Å². The predicted molar refractivity (Wildman–Crippen MR) is 107 cm³/mol. The molecular formula is C19H16Br2N4O. The number of anilines is 1. The number of carbonyl (C=O) groups excluding carboxylic acids is 1. The molecule has 26 heavy (non-hydrogen) atoms. The molecule has 0 aliphatic heterocycles. The van der Waals surface area contributed by atoms with Crippen molar-refractivity contribution in [3.8, 4) is 0 Å². The number of nitrogens with one attached hydrogen (secondary N) is 1. The second kappa shape index (κ2) is 6.96. The van der Waals surface area contributed by atoms with Gasteiger partial charge < -0.3 is 0 Å². The Kier molecular flexibility index (Phi) is 4.67. The lowest BCUT2D eigenvalue weighted by molar-refractivity contribution is -0.118. The molecule has 132 valence electrons. The summed E-state index contributed by atoms with van der Waals surface area (Å²) in [5.41, 5.74) is 1.68. The van der Waals surface area contributed by atoms with E-state index in [0.717, 1.165) is 32.9 Å². The van der Waals surface area contributed by atoms with Crippen molar-refractivity contribution in [2.75, 3.05) is 5.32 Å². The highest BCUT2D eigenvalue weighted by Crippen LogP contribution is 2.49. The Labute approximate surface area is 168 Å². The van der Waals surface area contributed by atoms with Crippen LogP contribution in [0.4, 0.5) is 5.95 Å². The van der Waals surface area contributed by atoms with Gasteiger partial charge in [-0.25, -0.2) is 9.67 Å². The van der Waals surface area contributed by atoms with Gasteiger partial charge in [0.2, 0.25) is 11.9 Å². The average Bonchev–Trinajstić information content (AvgIpc) is 3.33. The molecule has 7 heteroatoms. The third-order valence-corrected chi connectivity index (χ3v) is 5.60. The highest BCUT2D eigenvalue weighted by Gasteiger charge is 2.51. The molecule has 1 saturated carbocycles. The first-order valence-electron chi connectivity index (χ1n) is 8.27. The lowest BCUT2D eigenvalue weighted by Crippen LogP contribution is -2.28. The van der Waals surface area contributed by atoms with E-state index < -0.39 is 5.41 Å². The first-order chi connectivity index (χ1) is 12.5. The van der Waals surface area contributed by atoms with Crippen LogP contribution in [0.3, 0.4) is 0 Å². The van der Waals surface area contributed by atoms with E-state index in [2.05, 4.69) is 47.3 Å². The van der Waals surface area contributed by atoms with E-state index in [1.54, 1.807) is 11.0 Å². The summed E-state index contributed by atoms with van der Waals surface area (Å²) in [5, 5.41) is 7.25. The van der Waals surface area contributed by atoms with Gasteiger partial charge >= 0.3 is 0 Å². The fourth-order valence-electron chi connectivity index (χ4n) is 2.98. The second-order valence-corrected chi connectivity index (χ2v) is 8.27. The molecule has 0 spiro atoms. The van der Waals surface area contributed by atoms with Crippen molar-refractivity contribution in [1.82, 2.24) is 14.8 Å². The van der Waals surface area contributed by atoms with E-state index in [4.69, 9.17) is 0 Å². The van der Waals surface area contributed by atoms with Crippen molar-refractivity contribution in [2.45, 2.75) is 24.8 Å². The van der Waals surface area contributed by atoms with Crippen molar-refractivity contribution < 1.29 is 4.79 Å². The van der Waals surface area contributed by atoms with Crippen LogP contribution in [0.2, 0.25) is 0 Å². The van der Waals surface area contributed by atoms with Crippen LogP contribution in [0.15, 0.2) is 63.8 Å². The van der Waals surface area contributed by atoms with Crippen LogP contribution in [0.25, 0.3) is 0 Å². The van der Waals surface area contributed by atoms with E-state index in [0.29, 0.717) is 12.5 Å². The highest BCUT2D eigenvalue weighted by molar-refractivity contribution is 9.10. The minimum absolute atomic E-state index is 0.0445. The summed E-state index contributed by atoms with van der Waals surface area (Å²) < 4.78 is 3.73. The van der Waals surface area contributed by atoms with Gasteiger partial charge in [-0.05, 0) is 48.2 Å². The zero-order chi connectivity index (χ0) is 18.1. The number of aromatic nitrogens is 3. The Balaban J connectivity index is 1.45. The largest absolute Gasteiger partial charge is 0.292 e. The fraction of sp³-hybridized carbons (Fsp3) is 0.211. The number of rotatable bonds is 5. The van der Waals surface area contributed by atoms with Crippen LogP contribution in [0.5, 0.6) is 0 Å². The molecule has 1 heterocycles. The molecule has 5 nitrogen and oxygen atoms in total. The maximum absolute atomic E-state index is 12.8. The Bertz CT molecular complexity index is 948. The summed E-state index contributed by atoms with van der Waals surface area (Å²) in [4.78, 5) is 17.0. The Hall–Kier alpha value is -1.99. The molecule has 0 atom stereocenters. The Morgan fingerprint density at radius 2 is 1.88 bits per heavy atom. The normalized spacial score (nSPS) is 14.8. The lowest BCUT2D eigenvalue weighted by atomic mass is 9.95. The number of nitrogens with zero attached hydrogens (tertiary/aromatic N) is 3. The Morgan fingerprint density at radius 3 is 2.58 bits per heavy atom. The second-order valence-electron chi connectivity index (χ2n) is 6.44. The summed E-state index contributed by atoms with van der Waals surface area (Å²) in [5.74, 6) is 0.297. The van der Waals surface area contributed by atoms with Crippen molar-refractivity contribution in [2.24, 2.45) is 0 Å². The topological polar surface area (TPSA) is 59.8 Å². The van der Waals surface area contributed by atoms with Crippen LogP contribution in [0.1, 0.15) is 24.0 Å². The van der Waals surface area contributed by atoms with E-state index in [-0.39, 0.29) is 5.91 Å². The quantitative estimate of drug-likeness (QED) is 0.590. The van der Waals surface area contributed by atoms with Gasteiger partial charge in [0, 0.05) is 8.95 Å². The molecule has 1 N–H and O–H groups in total. The summed E-state index contributed by atoms with van der Waals surface area (Å²) in [6.07, 6.45) is 3.32. The molecule has 0 unspecified atom stereocenters. The average molecular weight is 476 g/mol. The van der Waals surface area contributed by atoms with E-state index in [1.807, 2.05) is 48.5 Å². The van der Waals surface area contributed by atoms with Crippen LogP contribution in [0, 0.1) is 0 Å². The molecule has 1 aliphatic rings. The molecular weight excluding hydrogens is 460 g/mol. The van der Waals surface area contributed by atoms with E-state index in [9.17, 15) is 4.79 Å². The van der Waals surface area contributed by atoms with Crippen LogP contribution < -0.4 is 5.32 Å². The predicted octanol–water partition coefficient (Wildman–Crippen LogP) is 4.52. The first-order valence-corrected chi connectivity index (χ1v) is 9.85. The molecule has 0 bridgehead atoms. The minimum atomic E-state index is -0.457. The zero-order valence-corrected chi connectivity index (χ0v) is 17.0. The van der Waals surface area contributed by atoms with Gasteiger partial charge in [-0.3, -0.25) is 10.1 Å². The summed E-state index contributed by atoms with van der Waals surface area (Å²) in [6, 6.07) is 15.9. The van der Waals surface area contributed by atoms with Gasteiger partial charge in [0.15, 0.2) is 0 Å². The van der Waals surface area contributed by atoms with Crippen LogP contribution >= 0.6 is 31.9 Å². The third-order valence-electron chi connectivity index (χ3n) is 4.58.